The normalized spacial score (nSPS) is 11.5. The van der Waals surface area contributed by atoms with Crippen LogP contribution < -0.4 is 5.32 Å². The second-order valence-electron chi connectivity index (χ2n) is 8.33. The van der Waals surface area contributed by atoms with Gasteiger partial charge in [0.25, 0.3) is 0 Å². The van der Waals surface area contributed by atoms with Gasteiger partial charge in [-0.25, -0.2) is 19.3 Å². The SMILES string of the molecule is Cc1ccc(C)c(-n2nc(C)c(CNC(C)c3ccc(-n4ccnc4)cc3)c2Cl)c1.O=C(O)C(=O)O. The highest BCUT2D eigenvalue weighted by molar-refractivity contribution is 6.30. The Hall–Kier alpha value is -3.95. The number of nitrogens with one attached hydrogen (secondary N) is 1. The Bertz CT molecular complexity index is 1340. The first-order chi connectivity index (χ1) is 17.1. The number of rotatable bonds is 6. The van der Waals surface area contributed by atoms with Gasteiger partial charge in [0.2, 0.25) is 0 Å². The van der Waals surface area contributed by atoms with Crippen LogP contribution in [-0.4, -0.2) is 41.5 Å². The Labute approximate surface area is 214 Å². The summed E-state index contributed by atoms with van der Waals surface area (Å²) >= 11 is 6.75. The van der Waals surface area contributed by atoms with E-state index in [9.17, 15) is 0 Å². The van der Waals surface area contributed by atoms with Crippen LogP contribution >= 0.6 is 11.6 Å². The van der Waals surface area contributed by atoms with Crippen LogP contribution in [0.4, 0.5) is 0 Å². The molecule has 10 heteroatoms. The highest BCUT2D eigenvalue weighted by Gasteiger charge is 2.17. The number of nitrogens with zero attached hydrogens (tertiary/aromatic N) is 4. The lowest BCUT2D eigenvalue weighted by atomic mass is 10.1. The molecule has 2 aromatic heterocycles. The van der Waals surface area contributed by atoms with Crippen LogP contribution in [0, 0.1) is 20.8 Å². The van der Waals surface area contributed by atoms with Crippen LogP contribution in [0.5, 0.6) is 0 Å². The topological polar surface area (TPSA) is 122 Å². The van der Waals surface area contributed by atoms with Gasteiger partial charge in [0, 0.05) is 36.2 Å². The van der Waals surface area contributed by atoms with E-state index >= 15 is 0 Å². The van der Waals surface area contributed by atoms with E-state index in [0.29, 0.717) is 11.7 Å². The Kier molecular flexibility index (Phi) is 8.63. The van der Waals surface area contributed by atoms with Crippen molar-refractivity contribution in [2.45, 2.75) is 40.3 Å². The van der Waals surface area contributed by atoms with Crippen LogP contribution in [0.15, 0.2) is 61.2 Å². The van der Waals surface area contributed by atoms with E-state index in [1.807, 2.05) is 22.4 Å². The maximum absolute atomic E-state index is 9.10. The van der Waals surface area contributed by atoms with Crippen molar-refractivity contribution in [3.8, 4) is 11.4 Å². The average Bonchev–Trinajstić information content (AvgIpc) is 3.48. The zero-order valence-corrected chi connectivity index (χ0v) is 21.2. The summed E-state index contributed by atoms with van der Waals surface area (Å²) in [5.41, 5.74) is 7.64. The van der Waals surface area contributed by atoms with Gasteiger partial charge in [0.1, 0.15) is 5.15 Å². The zero-order chi connectivity index (χ0) is 26.4. The molecule has 2 aromatic carbocycles. The lowest BCUT2D eigenvalue weighted by Crippen LogP contribution is -2.18. The number of imidazole rings is 1. The largest absolute Gasteiger partial charge is 0.473 e. The molecule has 0 radical (unpaired) electrons. The molecule has 0 bridgehead atoms. The summed E-state index contributed by atoms with van der Waals surface area (Å²) in [6, 6.07) is 15.0. The van der Waals surface area contributed by atoms with E-state index in [1.54, 1.807) is 12.5 Å². The van der Waals surface area contributed by atoms with E-state index in [1.165, 1.54) is 11.1 Å². The Morgan fingerprint density at radius 3 is 2.31 bits per heavy atom. The predicted molar refractivity (Wildman–Crippen MR) is 137 cm³/mol. The van der Waals surface area contributed by atoms with Gasteiger partial charge in [0.15, 0.2) is 0 Å². The van der Waals surface area contributed by atoms with Gasteiger partial charge in [-0.2, -0.15) is 5.10 Å². The minimum absolute atomic E-state index is 0.182. The van der Waals surface area contributed by atoms with Gasteiger partial charge in [0.05, 0.1) is 17.7 Å². The molecule has 0 spiro atoms. The van der Waals surface area contributed by atoms with E-state index in [-0.39, 0.29) is 6.04 Å². The van der Waals surface area contributed by atoms with Gasteiger partial charge in [-0.15, -0.1) is 0 Å². The van der Waals surface area contributed by atoms with Crippen molar-refractivity contribution in [1.29, 1.82) is 0 Å². The van der Waals surface area contributed by atoms with E-state index in [4.69, 9.17) is 36.5 Å². The molecule has 9 nitrogen and oxygen atoms in total. The maximum Gasteiger partial charge on any atom is 0.414 e. The fourth-order valence-corrected chi connectivity index (χ4v) is 3.89. The number of carboxylic acids is 2. The van der Waals surface area contributed by atoms with Gasteiger partial charge in [-0.1, -0.05) is 35.9 Å². The molecule has 0 saturated carbocycles. The summed E-state index contributed by atoms with van der Waals surface area (Å²) in [5.74, 6) is -3.65. The van der Waals surface area contributed by atoms with Crippen molar-refractivity contribution in [2.24, 2.45) is 0 Å². The summed E-state index contributed by atoms with van der Waals surface area (Å²) in [5, 5.41) is 23.7. The Morgan fingerprint density at radius 2 is 1.72 bits per heavy atom. The molecule has 0 aliphatic rings. The number of carboxylic acid groups (broad SMARTS) is 2. The summed E-state index contributed by atoms with van der Waals surface area (Å²) in [6.45, 7) is 8.98. The lowest BCUT2D eigenvalue weighted by Gasteiger charge is -2.15. The van der Waals surface area contributed by atoms with Crippen LogP contribution in [0.25, 0.3) is 11.4 Å². The molecule has 1 unspecified atom stereocenters. The third-order valence-electron chi connectivity index (χ3n) is 5.68. The van der Waals surface area contributed by atoms with Crippen LogP contribution in [0.1, 0.15) is 40.9 Å². The van der Waals surface area contributed by atoms with Crippen molar-refractivity contribution in [1.82, 2.24) is 24.6 Å². The molecule has 2 heterocycles. The highest BCUT2D eigenvalue weighted by Crippen LogP contribution is 2.26. The summed E-state index contributed by atoms with van der Waals surface area (Å²) < 4.78 is 3.84. The third kappa shape index (κ3) is 6.38. The highest BCUT2D eigenvalue weighted by atomic mass is 35.5. The molecule has 0 fully saturated rings. The van der Waals surface area contributed by atoms with E-state index in [2.05, 4.69) is 73.5 Å². The first-order valence-corrected chi connectivity index (χ1v) is 11.6. The number of benzene rings is 2. The van der Waals surface area contributed by atoms with Crippen molar-refractivity contribution in [2.75, 3.05) is 0 Å². The molecule has 0 aliphatic heterocycles. The predicted octanol–water partition coefficient (Wildman–Crippen LogP) is 4.64. The van der Waals surface area contributed by atoms with Crippen molar-refractivity contribution >= 4 is 23.5 Å². The zero-order valence-electron chi connectivity index (χ0n) is 20.4. The van der Waals surface area contributed by atoms with Gasteiger partial charge >= 0.3 is 11.9 Å². The fraction of sp³-hybridized carbons (Fsp3) is 0.231. The van der Waals surface area contributed by atoms with Crippen molar-refractivity contribution in [3.63, 3.8) is 0 Å². The number of carbonyl (C=O) groups is 2. The molecule has 36 heavy (non-hydrogen) atoms. The third-order valence-corrected chi connectivity index (χ3v) is 6.07. The molecular weight excluding hydrogens is 482 g/mol. The lowest BCUT2D eigenvalue weighted by molar-refractivity contribution is -0.159. The smallest absolute Gasteiger partial charge is 0.414 e. The van der Waals surface area contributed by atoms with Gasteiger partial charge in [-0.05, 0) is 62.6 Å². The molecule has 0 saturated heterocycles. The summed E-state index contributed by atoms with van der Waals surface area (Å²) in [7, 11) is 0. The monoisotopic (exact) mass is 509 g/mol. The molecule has 4 rings (SSSR count). The number of halogens is 1. The molecule has 1 atom stereocenters. The van der Waals surface area contributed by atoms with Crippen LogP contribution in [0.3, 0.4) is 0 Å². The second kappa shape index (κ2) is 11.7. The number of aromatic nitrogens is 4. The Balaban J connectivity index is 0.000000538. The van der Waals surface area contributed by atoms with Crippen LogP contribution in [0.2, 0.25) is 5.15 Å². The van der Waals surface area contributed by atoms with Gasteiger partial charge < -0.3 is 20.1 Å². The number of hydrogen-bond acceptors (Lipinski definition) is 5. The summed E-state index contributed by atoms with van der Waals surface area (Å²) in [4.78, 5) is 22.3. The standard InChI is InChI=1S/C24H26ClN5.C2H2O4/c1-16-5-6-17(2)23(13-16)30-24(25)22(19(4)28-30)14-27-18(3)20-7-9-21(10-8-20)29-12-11-26-15-29;3-1(4)2(5)6/h5-13,15,18,27H,14H2,1-4H3;(H,3,4)(H,5,6). The molecular formula is C26H28ClN5O4. The first kappa shape index (κ1) is 26.7. The summed E-state index contributed by atoms with van der Waals surface area (Å²) in [6.07, 6.45) is 5.52. The molecule has 0 aliphatic carbocycles. The van der Waals surface area contributed by atoms with Crippen molar-refractivity contribution in [3.05, 3.63) is 94.3 Å². The fourth-order valence-electron chi connectivity index (χ4n) is 3.56. The quantitative estimate of drug-likeness (QED) is 0.323. The average molecular weight is 510 g/mol. The molecule has 0 amide bonds. The second-order valence-corrected chi connectivity index (χ2v) is 8.69. The van der Waals surface area contributed by atoms with Crippen molar-refractivity contribution < 1.29 is 19.8 Å². The van der Waals surface area contributed by atoms with Crippen LogP contribution in [-0.2, 0) is 16.1 Å². The number of aryl methyl sites for hydroxylation is 3. The number of aliphatic carboxylic acids is 2. The minimum atomic E-state index is -1.82. The van der Waals surface area contributed by atoms with E-state index < -0.39 is 11.9 Å². The minimum Gasteiger partial charge on any atom is -0.473 e. The molecule has 4 aromatic rings. The maximum atomic E-state index is 9.10. The van der Waals surface area contributed by atoms with Gasteiger partial charge in [-0.3, -0.25) is 0 Å². The molecule has 188 valence electrons. The Morgan fingerprint density at radius 1 is 1.06 bits per heavy atom. The molecule has 3 N–H and O–H groups in total. The van der Waals surface area contributed by atoms with E-state index in [0.717, 1.165) is 28.2 Å². The number of hydrogen-bond donors (Lipinski definition) is 3. The first-order valence-electron chi connectivity index (χ1n) is 11.2.